The van der Waals surface area contributed by atoms with Crippen molar-refractivity contribution in [2.45, 2.75) is 32.4 Å². The Morgan fingerprint density at radius 3 is 2.35 bits per heavy atom. The SMILES string of the molecule is COc1nc(-c2ccccc2C(F)(F)F)cc2nc(-c3cc(C(C)(C)C)no3)[nH]c12.[Na]. The fourth-order valence-corrected chi connectivity index (χ4v) is 3.08. The number of fused-ring (bicyclic) bond motifs is 1. The van der Waals surface area contributed by atoms with Crippen molar-refractivity contribution < 1.29 is 22.4 Å². The van der Waals surface area contributed by atoms with Crippen LogP contribution in [-0.4, -0.2) is 56.8 Å². The minimum Gasteiger partial charge on any atom is -0.479 e. The zero-order valence-corrected chi connectivity index (χ0v) is 19.8. The molecule has 3 heterocycles. The maximum Gasteiger partial charge on any atom is 0.417 e. The summed E-state index contributed by atoms with van der Waals surface area (Å²) in [6.07, 6.45) is -4.51. The molecule has 4 rings (SSSR count). The molecule has 31 heavy (non-hydrogen) atoms. The fraction of sp³-hybridized carbons (Fsp3) is 0.286. The first-order chi connectivity index (χ1) is 14.1. The van der Waals surface area contributed by atoms with E-state index in [1.807, 2.05) is 20.8 Å². The molecular weight excluding hydrogens is 420 g/mol. The number of methoxy groups -OCH3 is 1. The van der Waals surface area contributed by atoms with E-state index in [0.717, 1.165) is 11.8 Å². The number of hydrogen-bond donors (Lipinski definition) is 1. The zero-order valence-electron chi connectivity index (χ0n) is 17.8. The number of alkyl halides is 3. The molecule has 3 aromatic heterocycles. The number of benzene rings is 1. The Morgan fingerprint density at radius 2 is 1.74 bits per heavy atom. The van der Waals surface area contributed by atoms with Gasteiger partial charge in [0.25, 0.3) is 0 Å². The average Bonchev–Trinajstić information content (AvgIpc) is 3.33. The van der Waals surface area contributed by atoms with E-state index in [1.54, 1.807) is 6.07 Å². The van der Waals surface area contributed by atoms with Crippen LogP contribution in [0.25, 0.3) is 33.9 Å². The zero-order chi connectivity index (χ0) is 21.7. The Hall–Kier alpha value is -2.36. The van der Waals surface area contributed by atoms with Gasteiger partial charge in [-0.15, -0.1) is 0 Å². The predicted molar refractivity (Wildman–Crippen MR) is 111 cm³/mol. The number of rotatable bonds is 3. The first kappa shape index (κ1) is 23.3. The monoisotopic (exact) mass is 439 g/mol. The predicted octanol–water partition coefficient (Wildman–Crippen LogP) is 5.22. The van der Waals surface area contributed by atoms with Crippen LogP contribution in [0, 0.1) is 0 Å². The van der Waals surface area contributed by atoms with Gasteiger partial charge in [0, 0.05) is 46.6 Å². The number of halogens is 3. The van der Waals surface area contributed by atoms with Gasteiger partial charge in [0.05, 0.1) is 29.6 Å². The summed E-state index contributed by atoms with van der Waals surface area (Å²) >= 11 is 0. The number of pyridine rings is 1. The van der Waals surface area contributed by atoms with Gasteiger partial charge in [-0.1, -0.05) is 44.1 Å². The molecule has 0 aliphatic carbocycles. The third-order valence-corrected chi connectivity index (χ3v) is 4.65. The molecule has 0 bridgehead atoms. The molecule has 4 aromatic rings. The molecule has 0 aliphatic rings. The summed E-state index contributed by atoms with van der Waals surface area (Å²) in [4.78, 5) is 11.8. The third-order valence-electron chi connectivity index (χ3n) is 4.65. The van der Waals surface area contributed by atoms with Crippen molar-refractivity contribution in [2.24, 2.45) is 0 Å². The molecule has 0 spiro atoms. The van der Waals surface area contributed by atoms with Crippen molar-refractivity contribution in [3.63, 3.8) is 0 Å². The number of nitrogens with one attached hydrogen (secondary N) is 1. The molecule has 0 saturated carbocycles. The second-order valence-electron chi connectivity index (χ2n) is 7.87. The van der Waals surface area contributed by atoms with Gasteiger partial charge in [0.1, 0.15) is 5.52 Å². The van der Waals surface area contributed by atoms with Crippen LogP contribution in [0.1, 0.15) is 32.0 Å². The van der Waals surface area contributed by atoms with Gasteiger partial charge in [0.15, 0.2) is 5.82 Å². The van der Waals surface area contributed by atoms with Crippen LogP contribution in [0.2, 0.25) is 0 Å². The molecule has 0 amide bonds. The van der Waals surface area contributed by atoms with Crippen LogP contribution in [0.15, 0.2) is 40.9 Å². The molecule has 0 saturated heterocycles. The summed E-state index contributed by atoms with van der Waals surface area (Å²) in [5, 5.41) is 4.07. The number of H-pyrrole nitrogens is 1. The summed E-state index contributed by atoms with van der Waals surface area (Å²) < 4.78 is 51.1. The largest absolute Gasteiger partial charge is 0.479 e. The summed E-state index contributed by atoms with van der Waals surface area (Å²) in [6, 6.07) is 8.52. The van der Waals surface area contributed by atoms with Crippen molar-refractivity contribution in [1.29, 1.82) is 0 Å². The minimum absolute atomic E-state index is 0. The van der Waals surface area contributed by atoms with Gasteiger partial charge in [-0.2, -0.15) is 13.2 Å². The first-order valence-electron chi connectivity index (χ1n) is 9.17. The Bertz CT molecular complexity index is 1230. The Kier molecular flexibility index (Phi) is 6.23. The summed E-state index contributed by atoms with van der Waals surface area (Å²) in [6.45, 7) is 6.01. The molecule has 0 atom stereocenters. The molecule has 0 aliphatic heterocycles. The van der Waals surface area contributed by atoms with Crippen LogP contribution in [-0.2, 0) is 11.6 Å². The summed E-state index contributed by atoms with van der Waals surface area (Å²) in [5.41, 5.74) is 0.679. The van der Waals surface area contributed by atoms with Crippen LogP contribution in [0.3, 0.4) is 0 Å². The Morgan fingerprint density at radius 1 is 1.03 bits per heavy atom. The smallest absolute Gasteiger partial charge is 0.417 e. The van der Waals surface area contributed by atoms with E-state index in [4.69, 9.17) is 9.26 Å². The maximum absolute atomic E-state index is 13.5. The molecule has 1 N–H and O–H groups in total. The van der Waals surface area contributed by atoms with E-state index in [2.05, 4.69) is 20.1 Å². The average molecular weight is 439 g/mol. The van der Waals surface area contributed by atoms with Gasteiger partial charge in [0.2, 0.25) is 11.6 Å². The van der Waals surface area contributed by atoms with Crippen molar-refractivity contribution in [2.75, 3.05) is 7.11 Å². The number of aromatic nitrogens is 4. The van der Waals surface area contributed by atoms with Gasteiger partial charge in [-0.3, -0.25) is 0 Å². The molecule has 10 heteroatoms. The van der Waals surface area contributed by atoms with Crippen molar-refractivity contribution in [1.82, 2.24) is 20.1 Å². The second-order valence-corrected chi connectivity index (χ2v) is 7.87. The van der Waals surface area contributed by atoms with Crippen molar-refractivity contribution >= 4 is 40.6 Å². The number of imidazole rings is 1. The summed E-state index contributed by atoms with van der Waals surface area (Å²) in [7, 11) is 1.40. The third kappa shape index (κ3) is 4.49. The van der Waals surface area contributed by atoms with Crippen molar-refractivity contribution in [3.8, 4) is 28.7 Å². The van der Waals surface area contributed by atoms with Gasteiger partial charge >= 0.3 is 6.18 Å². The van der Waals surface area contributed by atoms with Crippen molar-refractivity contribution in [3.05, 3.63) is 47.7 Å². The van der Waals surface area contributed by atoms with E-state index in [-0.39, 0.29) is 52.1 Å². The molecule has 0 unspecified atom stereocenters. The molecule has 6 nitrogen and oxygen atoms in total. The number of ether oxygens (including phenoxy) is 1. The normalized spacial score (nSPS) is 12.1. The Labute approximate surface area is 198 Å². The summed E-state index contributed by atoms with van der Waals surface area (Å²) in [5.74, 6) is 0.929. The standard InChI is InChI=1S/C21H19F3N4O2.Na/c1-20(2,3)16-10-15(30-28-16)18-25-14-9-13(26-19(29-4)17(14)27-18)11-7-5-6-8-12(11)21(22,23)24;/h5-10H,1-4H3,(H,25,27);. The van der Waals surface area contributed by atoms with E-state index in [9.17, 15) is 13.2 Å². The molecule has 1 aromatic carbocycles. The quantitative estimate of drug-likeness (QED) is 0.443. The van der Waals surface area contributed by atoms with Crippen LogP contribution >= 0.6 is 0 Å². The van der Waals surface area contributed by atoms with Crippen LogP contribution in [0.5, 0.6) is 5.88 Å². The fourth-order valence-electron chi connectivity index (χ4n) is 3.08. The van der Waals surface area contributed by atoms with Gasteiger partial charge in [-0.25, -0.2) is 9.97 Å². The number of hydrogen-bond acceptors (Lipinski definition) is 5. The van der Waals surface area contributed by atoms with Gasteiger partial charge < -0.3 is 14.2 Å². The minimum atomic E-state index is -4.51. The number of aromatic amines is 1. The Balaban J connectivity index is 0.00000272. The number of nitrogens with zero attached hydrogens (tertiary/aromatic N) is 3. The second kappa shape index (κ2) is 8.29. The van der Waals surface area contributed by atoms with E-state index in [0.29, 0.717) is 22.6 Å². The first-order valence-corrected chi connectivity index (χ1v) is 9.17. The van der Waals surface area contributed by atoms with Gasteiger partial charge in [-0.05, 0) is 12.1 Å². The topological polar surface area (TPSA) is 76.8 Å². The molecule has 0 fully saturated rings. The van der Waals surface area contributed by atoms with E-state index >= 15 is 0 Å². The van der Waals surface area contributed by atoms with Crippen LogP contribution < -0.4 is 4.74 Å². The molecule has 157 valence electrons. The molecular formula is C21H19F3N4NaO2. The van der Waals surface area contributed by atoms with Crippen LogP contribution in [0.4, 0.5) is 13.2 Å². The van der Waals surface area contributed by atoms with E-state index < -0.39 is 11.7 Å². The molecule has 1 radical (unpaired) electrons. The maximum atomic E-state index is 13.5. The van der Waals surface area contributed by atoms with E-state index in [1.165, 1.54) is 31.4 Å².